The average Bonchev–Trinajstić information content (AvgIpc) is 2.99. The Balaban J connectivity index is 1.77. The number of hydrogen-bond acceptors (Lipinski definition) is 3. The number of imidazole rings is 1. The van der Waals surface area contributed by atoms with E-state index in [-0.39, 0.29) is 5.91 Å². The number of nitrogens with zero attached hydrogens (tertiary/aromatic N) is 2. The standard InChI is InChI=1S/C14H14N4O3/c19-13(17-12-6-15-8-16-12)10-1-2-11-7-18(14(20)21)4-3-9(11)5-10/h1-2,5-6,8H,3-4,7H2,(H,15,16)(H,17,19)(H,20,21). The highest BCUT2D eigenvalue weighted by Gasteiger charge is 2.21. The zero-order chi connectivity index (χ0) is 14.8. The van der Waals surface area contributed by atoms with Gasteiger partial charge in [-0.2, -0.15) is 0 Å². The first-order valence-electron chi connectivity index (χ1n) is 6.53. The van der Waals surface area contributed by atoms with Crippen LogP contribution in [0.15, 0.2) is 30.7 Å². The van der Waals surface area contributed by atoms with Gasteiger partial charge in [0.15, 0.2) is 5.82 Å². The van der Waals surface area contributed by atoms with Crippen molar-refractivity contribution in [3.8, 4) is 0 Å². The van der Waals surface area contributed by atoms with Gasteiger partial charge in [-0.05, 0) is 29.7 Å². The lowest BCUT2D eigenvalue weighted by Gasteiger charge is -2.26. The van der Waals surface area contributed by atoms with Gasteiger partial charge in [0.1, 0.15) is 0 Å². The molecular weight excluding hydrogens is 272 g/mol. The number of aromatic nitrogens is 2. The van der Waals surface area contributed by atoms with Crippen molar-refractivity contribution in [3.05, 3.63) is 47.4 Å². The van der Waals surface area contributed by atoms with Gasteiger partial charge in [0.25, 0.3) is 5.91 Å². The topological polar surface area (TPSA) is 98.3 Å². The number of benzene rings is 1. The minimum absolute atomic E-state index is 0.231. The summed E-state index contributed by atoms with van der Waals surface area (Å²) in [6.07, 6.45) is 2.79. The van der Waals surface area contributed by atoms with E-state index < -0.39 is 6.09 Å². The van der Waals surface area contributed by atoms with Crippen LogP contribution in [-0.2, 0) is 13.0 Å². The van der Waals surface area contributed by atoms with Crippen LogP contribution in [0.2, 0.25) is 0 Å². The Morgan fingerprint density at radius 1 is 1.33 bits per heavy atom. The van der Waals surface area contributed by atoms with Crippen LogP contribution in [0.25, 0.3) is 0 Å². The van der Waals surface area contributed by atoms with Crippen molar-refractivity contribution in [1.82, 2.24) is 14.9 Å². The van der Waals surface area contributed by atoms with E-state index in [4.69, 9.17) is 5.11 Å². The van der Waals surface area contributed by atoms with Crippen molar-refractivity contribution in [1.29, 1.82) is 0 Å². The van der Waals surface area contributed by atoms with Gasteiger partial charge in [0.05, 0.1) is 6.33 Å². The molecule has 0 atom stereocenters. The quantitative estimate of drug-likeness (QED) is 0.782. The number of carboxylic acid groups (broad SMARTS) is 1. The molecule has 0 bridgehead atoms. The van der Waals surface area contributed by atoms with E-state index >= 15 is 0 Å². The molecule has 2 amide bonds. The Labute approximate surface area is 120 Å². The van der Waals surface area contributed by atoms with E-state index in [1.165, 1.54) is 11.2 Å². The second kappa shape index (κ2) is 5.28. The summed E-state index contributed by atoms with van der Waals surface area (Å²) in [5, 5.41) is 11.7. The zero-order valence-electron chi connectivity index (χ0n) is 11.2. The van der Waals surface area contributed by atoms with Crippen molar-refractivity contribution in [2.75, 3.05) is 11.9 Å². The van der Waals surface area contributed by atoms with Crippen LogP contribution in [0, 0.1) is 0 Å². The lowest BCUT2D eigenvalue weighted by Crippen LogP contribution is -2.34. The highest BCUT2D eigenvalue weighted by molar-refractivity contribution is 6.03. The van der Waals surface area contributed by atoms with E-state index in [2.05, 4.69) is 15.3 Å². The van der Waals surface area contributed by atoms with Gasteiger partial charge >= 0.3 is 6.09 Å². The molecular formula is C14H14N4O3. The first-order chi connectivity index (χ1) is 10.1. The van der Waals surface area contributed by atoms with E-state index in [0.29, 0.717) is 30.9 Å². The van der Waals surface area contributed by atoms with Gasteiger partial charge in [-0.1, -0.05) is 6.07 Å². The minimum Gasteiger partial charge on any atom is -0.465 e. The average molecular weight is 286 g/mol. The Kier molecular flexibility index (Phi) is 3.31. The Morgan fingerprint density at radius 2 is 2.19 bits per heavy atom. The smallest absolute Gasteiger partial charge is 0.407 e. The van der Waals surface area contributed by atoms with Crippen LogP contribution in [0.5, 0.6) is 0 Å². The maximum Gasteiger partial charge on any atom is 0.407 e. The third-order valence-corrected chi connectivity index (χ3v) is 3.49. The van der Waals surface area contributed by atoms with E-state index in [9.17, 15) is 9.59 Å². The molecule has 108 valence electrons. The Bertz CT molecular complexity index is 682. The molecule has 0 saturated carbocycles. The molecule has 7 nitrogen and oxygen atoms in total. The number of fused-ring (bicyclic) bond motifs is 1. The fraction of sp³-hybridized carbons (Fsp3) is 0.214. The van der Waals surface area contributed by atoms with Crippen molar-refractivity contribution >= 4 is 17.8 Å². The second-order valence-electron chi connectivity index (χ2n) is 4.85. The summed E-state index contributed by atoms with van der Waals surface area (Å²) in [7, 11) is 0. The number of rotatable bonds is 2. The number of anilines is 1. The molecule has 2 aromatic rings. The molecule has 21 heavy (non-hydrogen) atoms. The molecule has 0 spiro atoms. The van der Waals surface area contributed by atoms with Gasteiger partial charge in [0, 0.05) is 24.8 Å². The molecule has 2 heterocycles. The fourth-order valence-electron chi connectivity index (χ4n) is 2.37. The first-order valence-corrected chi connectivity index (χ1v) is 6.53. The van der Waals surface area contributed by atoms with E-state index in [1.54, 1.807) is 12.3 Å². The molecule has 1 aromatic carbocycles. The number of nitrogens with one attached hydrogen (secondary N) is 2. The van der Waals surface area contributed by atoms with Crippen LogP contribution in [-0.4, -0.2) is 38.5 Å². The lowest BCUT2D eigenvalue weighted by molar-refractivity contribution is 0.102. The van der Waals surface area contributed by atoms with Crippen LogP contribution in [0.1, 0.15) is 21.5 Å². The fourth-order valence-corrected chi connectivity index (χ4v) is 2.37. The Hall–Kier alpha value is -2.83. The van der Waals surface area contributed by atoms with Crippen molar-refractivity contribution in [2.24, 2.45) is 0 Å². The van der Waals surface area contributed by atoms with Gasteiger partial charge in [-0.3, -0.25) is 4.79 Å². The summed E-state index contributed by atoms with van der Waals surface area (Å²) >= 11 is 0. The highest BCUT2D eigenvalue weighted by Crippen LogP contribution is 2.21. The summed E-state index contributed by atoms with van der Waals surface area (Å²) < 4.78 is 0. The van der Waals surface area contributed by atoms with Gasteiger partial charge < -0.3 is 20.3 Å². The van der Waals surface area contributed by atoms with Crippen molar-refractivity contribution in [2.45, 2.75) is 13.0 Å². The largest absolute Gasteiger partial charge is 0.465 e. The van der Waals surface area contributed by atoms with Gasteiger partial charge in [-0.25, -0.2) is 9.78 Å². The number of H-pyrrole nitrogens is 1. The van der Waals surface area contributed by atoms with Crippen molar-refractivity contribution in [3.63, 3.8) is 0 Å². The number of carbonyl (C=O) groups is 2. The first kappa shape index (κ1) is 13.2. The Morgan fingerprint density at radius 3 is 2.90 bits per heavy atom. The SMILES string of the molecule is O=C(Nc1c[nH]cn1)c1ccc2c(c1)CCN(C(=O)O)C2. The van der Waals surface area contributed by atoms with Crippen molar-refractivity contribution < 1.29 is 14.7 Å². The molecule has 0 radical (unpaired) electrons. The molecule has 0 fully saturated rings. The molecule has 0 unspecified atom stereocenters. The maximum atomic E-state index is 12.1. The molecule has 1 aromatic heterocycles. The molecule has 1 aliphatic heterocycles. The summed E-state index contributed by atoms with van der Waals surface area (Å²) in [5.74, 6) is 0.236. The molecule has 0 saturated heterocycles. The lowest BCUT2D eigenvalue weighted by atomic mass is 9.97. The van der Waals surface area contributed by atoms with Crippen LogP contribution >= 0.6 is 0 Å². The number of hydrogen-bond donors (Lipinski definition) is 3. The summed E-state index contributed by atoms with van der Waals surface area (Å²) in [6.45, 7) is 0.818. The molecule has 7 heteroatoms. The van der Waals surface area contributed by atoms with E-state index in [1.807, 2.05) is 12.1 Å². The normalized spacial score (nSPS) is 13.6. The van der Waals surface area contributed by atoms with E-state index in [0.717, 1.165) is 11.1 Å². The third kappa shape index (κ3) is 2.71. The maximum absolute atomic E-state index is 12.1. The van der Waals surface area contributed by atoms with Gasteiger partial charge in [0.2, 0.25) is 0 Å². The molecule has 1 aliphatic rings. The second-order valence-corrected chi connectivity index (χ2v) is 4.85. The zero-order valence-corrected chi connectivity index (χ0v) is 11.2. The molecule has 0 aliphatic carbocycles. The summed E-state index contributed by atoms with van der Waals surface area (Å²) in [5.41, 5.74) is 2.50. The summed E-state index contributed by atoms with van der Waals surface area (Å²) in [4.78, 5) is 31.1. The molecule has 3 rings (SSSR count). The minimum atomic E-state index is -0.916. The third-order valence-electron chi connectivity index (χ3n) is 3.49. The monoisotopic (exact) mass is 286 g/mol. The van der Waals surface area contributed by atoms with Crippen LogP contribution < -0.4 is 5.32 Å². The predicted octanol–water partition coefficient (Wildman–Crippen LogP) is 1.70. The number of carbonyl (C=O) groups excluding carboxylic acids is 1. The molecule has 3 N–H and O–H groups in total. The van der Waals surface area contributed by atoms with Crippen LogP contribution in [0.3, 0.4) is 0 Å². The predicted molar refractivity (Wildman–Crippen MR) is 75.1 cm³/mol. The summed E-state index contributed by atoms with van der Waals surface area (Å²) in [6, 6.07) is 5.33. The number of amides is 2. The highest BCUT2D eigenvalue weighted by atomic mass is 16.4. The van der Waals surface area contributed by atoms with Gasteiger partial charge in [-0.15, -0.1) is 0 Å². The van der Waals surface area contributed by atoms with Crippen LogP contribution in [0.4, 0.5) is 10.6 Å². The number of aromatic amines is 1.